The number of unbranched alkanes of at least 4 members (excludes halogenated alkanes) is 1. The van der Waals surface area contributed by atoms with Crippen LogP contribution in [0, 0.1) is 5.92 Å². The van der Waals surface area contributed by atoms with Crippen molar-refractivity contribution in [3.8, 4) is 5.75 Å². The van der Waals surface area contributed by atoms with Crippen molar-refractivity contribution in [1.29, 1.82) is 0 Å². The molecule has 0 unspecified atom stereocenters. The lowest BCUT2D eigenvalue weighted by atomic mass is 9.95. The Kier molecular flexibility index (Phi) is 8.81. The molecule has 1 aromatic carbocycles. The van der Waals surface area contributed by atoms with Crippen molar-refractivity contribution in [3.05, 3.63) is 66.3 Å². The molecule has 5 heteroatoms. The fourth-order valence-electron chi connectivity index (χ4n) is 2.98. The molecule has 0 bridgehead atoms. The molecule has 27 heavy (non-hydrogen) atoms. The summed E-state index contributed by atoms with van der Waals surface area (Å²) in [7, 11) is 0. The summed E-state index contributed by atoms with van der Waals surface area (Å²) in [5.74, 6) is -0.176. The van der Waals surface area contributed by atoms with Gasteiger partial charge in [-0.25, -0.2) is 0 Å². The molecule has 0 aliphatic heterocycles. The second kappa shape index (κ2) is 11.4. The van der Waals surface area contributed by atoms with Crippen molar-refractivity contribution in [2.75, 3.05) is 6.61 Å². The van der Waals surface area contributed by atoms with Gasteiger partial charge in [-0.15, -0.1) is 0 Å². The number of carbonyl (C=O) groups is 1. The maximum absolute atomic E-state index is 10.5. The van der Waals surface area contributed by atoms with Crippen LogP contribution in [0.4, 0.5) is 0 Å². The fraction of sp³-hybridized carbons (Fsp3) is 0.409. The highest BCUT2D eigenvalue weighted by atomic mass is 16.5. The Balaban J connectivity index is 1.77. The predicted molar refractivity (Wildman–Crippen MR) is 105 cm³/mol. The lowest BCUT2D eigenvalue weighted by molar-refractivity contribution is -0.137. The average molecular weight is 372 g/mol. The molecule has 0 aromatic heterocycles. The second-order valence-electron chi connectivity index (χ2n) is 6.65. The molecule has 5 nitrogen and oxygen atoms in total. The molecule has 1 aliphatic carbocycles. The Morgan fingerprint density at radius 3 is 2.78 bits per heavy atom. The van der Waals surface area contributed by atoms with Crippen LogP contribution in [-0.4, -0.2) is 40.1 Å². The van der Waals surface area contributed by atoms with Crippen LogP contribution < -0.4 is 4.74 Å². The van der Waals surface area contributed by atoms with E-state index in [-0.39, 0.29) is 18.9 Å². The number of carboxylic acid groups (broad SMARTS) is 1. The van der Waals surface area contributed by atoms with E-state index in [2.05, 4.69) is 0 Å². The summed E-state index contributed by atoms with van der Waals surface area (Å²) in [5, 5.41) is 28.9. The van der Waals surface area contributed by atoms with E-state index in [9.17, 15) is 15.0 Å². The van der Waals surface area contributed by atoms with E-state index in [1.165, 1.54) is 0 Å². The van der Waals surface area contributed by atoms with Gasteiger partial charge in [-0.3, -0.25) is 4.79 Å². The number of aliphatic hydroxyl groups is 2. The quantitative estimate of drug-likeness (QED) is 0.409. The van der Waals surface area contributed by atoms with Crippen molar-refractivity contribution in [3.63, 3.8) is 0 Å². The summed E-state index contributed by atoms with van der Waals surface area (Å²) in [6.45, 7) is 0.159. The molecule has 3 N–H and O–H groups in total. The number of benzene rings is 1. The van der Waals surface area contributed by atoms with Crippen molar-refractivity contribution in [2.45, 2.75) is 44.3 Å². The van der Waals surface area contributed by atoms with Gasteiger partial charge < -0.3 is 20.1 Å². The molecule has 1 aromatic rings. The Bertz CT molecular complexity index is 663. The second-order valence-corrected chi connectivity index (χ2v) is 6.65. The molecular weight excluding hydrogens is 344 g/mol. The Labute approximate surface area is 160 Å². The van der Waals surface area contributed by atoms with Gasteiger partial charge >= 0.3 is 5.97 Å². The van der Waals surface area contributed by atoms with Gasteiger partial charge in [0.05, 0.1) is 6.10 Å². The number of aliphatic carboxylic acids is 1. The molecule has 0 fully saturated rings. The first-order chi connectivity index (χ1) is 13.1. The van der Waals surface area contributed by atoms with E-state index in [1.54, 1.807) is 6.08 Å². The van der Waals surface area contributed by atoms with Crippen LogP contribution in [0.1, 0.15) is 32.1 Å². The Morgan fingerprint density at radius 2 is 2.04 bits per heavy atom. The molecule has 0 saturated heterocycles. The minimum absolute atomic E-state index is 0.111. The van der Waals surface area contributed by atoms with Gasteiger partial charge in [0, 0.05) is 12.3 Å². The standard InChI is InChI=1S/C22H28O5/c23-18(16-27-19-9-5-3-6-10-19)13-14-20-17(12-15-21(20)24)8-4-1-2-7-11-22(25)26/h1,3-6,9-10,12-14,18,20-21,23-24H,2,7-8,11,15-16H2,(H,25,26)/b4-1-,14-13+/t18-,20+,21+/m0/s1. The maximum Gasteiger partial charge on any atom is 0.303 e. The molecule has 0 spiro atoms. The average Bonchev–Trinajstić information content (AvgIpc) is 3.01. The maximum atomic E-state index is 10.5. The van der Waals surface area contributed by atoms with Crippen molar-refractivity contribution in [2.24, 2.45) is 5.92 Å². The number of hydrogen-bond acceptors (Lipinski definition) is 4. The van der Waals surface area contributed by atoms with Crippen LogP contribution in [0.2, 0.25) is 0 Å². The number of ether oxygens (including phenoxy) is 1. The highest BCUT2D eigenvalue weighted by Crippen LogP contribution is 2.30. The van der Waals surface area contributed by atoms with E-state index in [4.69, 9.17) is 9.84 Å². The number of allylic oxidation sites excluding steroid dienone is 2. The summed E-state index contributed by atoms with van der Waals surface area (Å²) in [6, 6.07) is 9.32. The molecular formula is C22H28O5. The summed E-state index contributed by atoms with van der Waals surface area (Å²) >= 11 is 0. The third-order valence-electron chi connectivity index (χ3n) is 4.45. The largest absolute Gasteiger partial charge is 0.491 e. The number of hydrogen-bond donors (Lipinski definition) is 3. The molecule has 0 heterocycles. The third-order valence-corrected chi connectivity index (χ3v) is 4.45. The minimum atomic E-state index is -0.773. The van der Waals surface area contributed by atoms with Crippen molar-refractivity contribution < 1.29 is 24.9 Å². The summed E-state index contributed by atoms with van der Waals surface area (Å²) < 4.78 is 5.52. The molecule has 1 aliphatic rings. The highest BCUT2D eigenvalue weighted by molar-refractivity contribution is 5.66. The number of aliphatic hydroxyl groups excluding tert-OH is 2. The van der Waals surface area contributed by atoms with E-state index in [0.29, 0.717) is 18.6 Å². The van der Waals surface area contributed by atoms with E-state index in [0.717, 1.165) is 18.4 Å². The van der Waals surface area contributed by atoms with Gasteiger partial charge in [0.2, 0.25) is 0 Å². The number of carboxylic acids is 1. The molecule has 2 rings (SSSR count). The van der Waals surface area contributed by atoms with Crippen molar-refractivity contribution >= 4 is 5.97 Å². The minimum Gasteiger partial charge on any atom is -0.491 e. The van der Waals surface area contributed by atoms with E-state index < -0.39 is 18.2 Å². The van der Waals surface area contributed by atoms with Crippen molar-refractivity contribution in [1.82, 2.24) is 0 Å². The van der Waals surface area contributed by atoms with Gasteiger partial charge in [-0.2, -0.15) is 0 Å². The number of rotatable bonds is 11. The van der Waals surface area contributed by atoms with Crippen LogP contribution in [0.3, 0.4) is 0 Å². The SMILES string of the molecule is O=C(O)CCC/C=C\CC1=CC[C@@H](O)[C@@H]1/C=C/[C@H](O)COc1ccccc1. The predicted octanol–water partition coefficient (Wildman–Crippen LogP) is 3.49. The van der Waals surface area contributed by atoms with Crippen LogP contribution in [0.5, 0.6) is 5.75 Å². The summed E-state index contributed by atoms with van der Waals surface area (Å²) in [6.07, 6.45) is 11.2. The smallest absolute Gasteiger partial charge is 0.303 e. The number of para-hydroxylation sites is 1. The lowest BCUT2D eigenvalue weighted by Crippen LogP contribution is -2.18. The first-order valence-corrected chi connectivity index (χ1v) is 9.34. The molecule has 0 amide bonds. The molecule has 3 atom stereocenters. The summed E-state index contributed by atoms with van der Waals surface area (Å²) in [4.78, 5) is 10.5. The molecule has 0 saturated carbocycles. The summed E-state index contributed by atoms with van der Waals surface area (Å²) in [5.41, 5.74) is 1.12. The Hall–Kier alpha value is -2.37. The normalized spacial score (nSPS) is 20.9. The monoisotopic (exact) mass is 372 g/mol. The van der Waals surface area contributed by atoms with Gasteiger partial charge in [0.25, 0.3) is 0 Å². The van der Waals surface area contributed by atoms with Crippen LogP contribution in [0.25, 0.3) is 0 Å². The van der Waals surface area contributed by atoms with E-state index in [1.807, 2.05) is 54.6 Å². The topological polar surface area (TPSA) is 87.0 Å². The molecule has 146 valence electrons. The molecule has 0 radical (unpaired) electrons. The van der Waals surface area contributed by atoms with Crippen LogP contribution in [0.15, 0.2) is 66.3 Å². The lowest BCUT2D eigenvalue weighted by Gasteiger charge is -2.15. The van der Waals surface area contributed by atoms with Gasteiger partial charge in [0.15, 0.2) is 0 Å². The van der Waals surface area contributed by atoms with Gasteiger partial charge in [-0.05, 0) is 37.8 Å². The van der Waals surface area contributed by atoms with Crippen LogP contribution >= 0.6 is 0 Å². The van der Waals surface area contributed by atoms with E-state index >= 15 is 0 Å². The Morgan fingerprint density at radius 1 is 1.26 bits per heavy atom. The first kappa shape index (κ1) is 20.9. The third kappa shape index (κ3) is 7.81. The van der Waals surface area contributed by atoms with Crippen LogP contribution in [-0.2, 0) is 4.79 Å². The zero-order valence-electron chi connectivity index (χ0n) is 15.4. The fourth-order valence-corrected chi connectivity index (χ4v) is 2.98. The highest BCUT2D eigenvalue weighted by Gasteiger charge is 2.25. The van der Waals surface area contributed by atoms with Gasteiger partial charge in [-0.1, -0.05) is 54.2 Å². The zero-order chi connectivity index (χ0) is 19.5. The van der Waals surface area contributed by atoms with Gasteiger partial charge in [0.1, 0.15) is 18.5 Å². The zero-order valence-corrected chi connectivity index (χ0v) is 15.4. The first-order valence-electron chi connectivity index (χ1n) is 9.34.